The maximum absolute atomic E-state index is 5.81. The molecule has 118 valence electrons. The minimum Gasteiger partial charge on any atom is -0.383 e. The summed E-state index contributed by atoms with van der Waals surface area (Å²) in [6, 6.07) is 8.04. The molecule has 22 heavy (non-hydrogen) atoms. The number of hydrogen-bond donors (Lipinski definition) is 2. The molecule has 1 heterocycles. The second-order valence-corrected chi connectivity index (χ2v) is 6.02. The molecule has 0 atom stereocenters. The van der Waals surface area contributed by atoms with Crippen molar-refractivity contribution in [2.24, 2.45) is 5.10 Å². The number of alkyl halides is 2. The van der Waals surface area contributed by atoms with Crippen LogP contribution in [0.1, 0.15) is 5.56 Å². The molecule has 8 heteroatoms. The predicted octanol–water partition coefficient (Wildman–Crippen LogP) is 3.46. The fourth-order valence-electron chi connectivity index (χ4n) is 1.84. The summed E-state index contributed by atoms with van der Waals surface area (Å²) >= 11 is 13.0. The summed E-state index contributed by atoms with van der Waals surface area (Å²) < 4.78 is 0. The van der Waals surface area contributed by atoms with Crippen LogP contribution in [0.3, 0.4) is 0 Å². The number of rotatable bonds is 8. The molecule has 1 aromatic heterocycles. The molecule has 0 aliphatic carbocycles. The zero-order valence-corrected chi connectivity index (χ0v) is 14.2. The van der Waals surface area contributed by atoms with Crippen LogP contribution in [0.2, 0.25) is 0 Å². The van der Waals surface area contributed by atoms with Crippen molar-refractivity contribution in [2.75, 3.05) is 40.9 Å². The molecule has 0 fully saturated rings. The van der Waals surface area contributed by atoms with Gasteiger partial charge in [-0.1, -0.05) is 12.1 Å². The number of nitrogens with two attached hydrogens (primary N) is 1. The van der Waals surface area contributed by atoms with Gasteiger partial charge in [-0.25, -0.2) is 4.98 Å². The zero-order valence-electron chi connectivity index (χ0n) is 11.9. The van der Waals surface area contributed by atoms with E-state index in [1.807, 2.05) is 24.3 Å². The van der Waals surface area contributed by atoms with E-state index in [9.17, 15) is 0 Å². The van der Waals surface area contributed by atoms with Gasteiger partial charge in [-0.3, -0.25) is 5.43 Å². The fraction of sp³-hybridized carbons (Fsp3) is 0.286. The highest BCUT2D eigenvalue weighted by molar-refractivity contribution is 7.14. The van der Waals surface area contributed by atoms with E-state index in [1.165, 1.54) is 11.3 Å². The SMILES string of the molecule is Nc1csc(NN=Cc2ccc(N(CCCl)CCCl)cc2)n1. The number of benzene rings is 1. The van der Waals surface area contributed by atoms with Crippen LogP contribution in [-0.4, -0.2) is 36.0 Å². The summed E-state index contributed by atoms with van der Waals surface area (Å²) in [5.74, 6) is 1.63. The van der Waals surface area contributed by atoms with Crippen LogP contribution in [0, 0.1) is 0 Å². The summed E-state index contributed by atoms with van der Waals surface area (Å²) in [6.45, 7) is 1.55. The Balaban J connectivity index is 1.95. The van der Waals surface area contributed by atoms with E-state index in [2.05, 4.69) is 20.4 Å². The lowest BCUT2D eigenvalue weighted by Crippen LogP contribution is -2.27. The molecule has 0 saturated heterocycles. The first-order valence-electron chi connectivity index (χ1n) is 6.70. The third-order valence-corrected chi connectivity index (χ3v) is 3.97. The summed E-state index contributed by atoms with van der Waals surface area (Å²) in [5, 5.41) is 6.56. The van der Waals surface area contributed by atoms with Crippen LogP contribution in [-0.2, 0) is 0 Å². The van der Waals surface area contributed by atoms with Crippen LogP contribution >= 0.6 is 34.5 Å². The lowest BCUT2D eigenvalue weighted by Gasteiger charge is -2.22. The van der Waals surface area contributed by atoms with Gasteiger partial charge in [0, 0.05) is 35.9 Å². The number of nitrogens with zero attached hydrogens (tertiary/aromatic N) is 3. The van der Waals surface area contributed by atoms with Gasteiger partial charge in [0.25, 0.3) is 0 Å². The van der Waals surface area contributed by atoms with Gasteiger partial charge in [0.1, 0.15) is 5.82 Å². The van der Waals surface area contributed by atoms with Gasteiger partial charge in [0.05, 0.1) is 6.21 Å². The van der Waals surface area contributed by atoms with Crippen molar-refractivity contribution >= 4 is 57.4 Å². The molecule has 0 radical (unpaired) electrons. The predicted molar refractivity (Wildman–Crippen MR) is 97.8 cm³/mol. The maximum atomic E-state index is 5.81. The highest BCUT2D eigenvalue weighted by Crippen LogP contribution is 2.17. The highest BCUT2D eigenvalue weighted by Gasteiger charge is 2.04. The van der Waals surface area contributed by atoms with Crippen LogP contribution in [0.25, 0.3) is 0 Å². The van der Waals surface area contributed by atoms with E-state index in [-0.39, 0.29) is 0 Å². The molecule has 0 aliphatic heterocycles. The van der Waals surface area contributed by atoms with Gasteiger partial charge in [-0.15, -0.1) is 34.5 Å². The standard InChI is InChI=1S/C14H17Cl2N5S/c15-5-7-21(8-6-16)12-3-1-11(2-4-12)9-18-20-14-19-13(17)10-22-14/h1-4,9-10H,5-8,17H2,(H,19,20). The fourth-order valence-corrected chi connectivity index (χ4v) is 2.80. The average Bonchev–Trinajstić information content (AvgIpc) is 2.93. The van der Waals surface area contributed by atoms with Crippen molar-refractivity contribution < 1.29 is 0 Å². The third-order valence-electron chi connectivity index (χ3n) is 2.86. The highest BCUT2D eigenvalue weighted by atomic mass is 35.5. The van der Waals surface area contributed by atoms with Gasteiger partial charge in [-0.05, 0) is 17.7 Å². The molecule has 0 unspecified atom stereocenters. The minimum absolute atomic E-state index is 0.491. The number of nitrogen functional groups attached to an aromatic ring is 1. The van der Waals surface area contributed by atoms with E-state index >= 15 is 0 Å². The van der Waals surface area contributed by atoms with Gasteiger partial charge in [0.2, 0.25) is 5.13 Å². The van der Waals surface area contributed by atoms with Gasteiger partial charge in [0.15, 0.2) is 0 Å². The van der Waals surface area contributed by atoms with Crippen LogP contribution in [0.15, 0.2) is 34.7 Å². The van der Waals surface area contributed by atoms with E-state index in [4.69, 9.17) is 28.9 Å². The monoisotopic (exact) mass is 357 g/mol. The quantitative estimate of drug-likeness (QED) is 0.431. The first-order chi connectivity index (χ1) is 10.7. The number of hydrogen-bond acceptors (Lipinski definition) is 6. The second kappa shape index (κ2) is 8.82. The van der Waals surface area contributed by atoms with Gasteiger partial charge >= 0.3 is 0 Å². The molecule has 3 N–H and O–H groups in total. The Hall–Kier alpha value is -1.50. The molecule has 0 aliphatic rings. The van der Waals surface area contributed by atoms with E-state index < -0.39 is 0 Å². The molecule has 2 aromatic rings. The smallest absolute Gasteiger partial charge is 0.205 e. The Bertz CT molecular complexity index is 594. The van der Waals surface area contributed by atoms with Gasteiger partial charge in [-0.2, -0.15) is 5.10 Å². The molecule has 2 rings (SSSR count). The largest absolute Gasteiger partial charge is 0.383 e. The first-order valence-corrected chi connectivity index (χ1v) is 8.65. The van der Waals surface area contributed by atoms with Crippen molar-refractivity contribution in [1.29, 1.82) is 0 Å². The zero-order chi connectivity index (χ0) is 15.8. The number of nitrogens with one attached hydrogen (secondary N) is 1. The molecule has 0 amide bonds. The van der Waals surface area contributed by atoms with Crippen LogP contribution in [0.4, 0.5) is 16.6 Å². The van der Waals surface area contributed by atoms with E-state index in [0.29, 0.717) is 22.7 Å². The van der Waals surface area contributed by atoms with Crippen molar-refractivity contribution in [2.45, 2.75) is 0 Å². The molecular formula is C14H17Cl2N5S. The van der Waals surface area contributed by atoms with Crippen molar-refractivity contribution in [3.05, 3.63) is 35.2 Å². The minimum atomic E-state index is 0.491. The first kappa shape index (κ1) is 16.9. The molecular weight excluding hydrogens is 341 g/mol. The topological polar surface area (TPSA) is 66.5 Å². The van der Waals surface area contributed by atoms with Gasteiger partial charge < -0.3 is 10.6 Å². The van der Waals surface area contributed by atoms with E-state index in [0.717, 1.165) is 24.3 Å². The number of aromatic nitrogens is 1. The Labute approximate surface area is 143 Å². The van der Waals surface area contributed by atoms with Crippen molar-refractivity contribution in [3.63, 3.8) is 0 Å². The third kappa shape index (κ3) is 5.05. The molecule has 0 bridgehead atoms. The molecule has 1 aromatic carbocycles. The maximum Gasteiger partial charge on any atom is 0.205 e. The number of hydrazone groups is 1. The summed E-state index contributed by atoms with van der Waals surface area (Å²) in [4.78, 5) is 6.21. The number of halogens is 2. The molecule has 0 saturated carbocycles. The second-order valence-electron chi connectivity index (χ2n) is 4.40. The Morgan fingerprint density at radius 1 is 1.23 bits per heavy atom. The van der Waals surface area contributed by atoms with Crippen LogP contribution in [0.5, 0.6) is 0 Å². The Kier molecular flexibility index (Phi) is 6.76. The lowest BCUT2D eigenvalue weighted by molar-refractivity contribution is 0.874. The summed E-state index contributed by atoms with van der Waals surface area (Å²) in [6.07, 6.45) is 1.73. The summed E-state index contributed by atoms with van der Waals surface area (Å²) in [7, 11) is 0. The number of thiazole rings is 1. The molecule has 5 nitrogen and oxygen atoms in total. The van der Waals surface area contributed by atoms with Crippen molar-refractivity contribution in [3.8, 4) is 0 Å². The Morgan fingerprint density at radius 3 is 2.45 bits per heavy atom. The normalized spacial score (nSPS) is 11.0. The Morgan fingerprint density at radius 2 is 1.91 bits per heavy atom. The number of anilines is 3. The average molecular weight is 358 g/mol. The van der Waals surface area contributed by atoms with Crippen LogP contribution < -0.4 is 16.1 Å². The van der Waals surface area contributed by atoms with Crippen molar-refractivity contribution in [1.82, 2.24) is 4.98 Å². The molecule has 0 spiro atoms. The summed E-state index contributed by atoms with van der Waals surface area (Å²) in [5.41, 5.74) is 10.5. The lowest BCUT2D eigenvalue weighted by atomic mass is 10.2. The van der Waals surface area contributed by atoms with E-state index in [1.54, 1.807) is 11.6 Å².